The molecule has 10 nitrogen and oxygen atoms in total. The van der Waals surface area contributed by atoms with E-state index < -0.39 is 0 Å². The summed E-state index contributed by atoms with van der Waals surface area (Å²) in [4.78, 5) is 25.1. The van der Waals surface area contributed by atoms with Gasteiger partial charge in [0.05, 0.1) is 29.7 Å². The lowest BCUT2D eigenvalue weighted by molar-refractivity contribution is -0.111. The Kier molecular flexibility index (Phi) is 9.24. The van der Waals surface area contributed by atoms with Crippen LogP contribution in [0.4, 0.5) is 21.5 Å². The number of hydrogen-bond acceptors (Lipinski definition) is 6. The topological polar surface area (TPSA) is 113 Å². The van der Waals surface area contributed by atoms with Crippen molar-refractivity contribution < 1.29 is 13.9 Å². The predicted molar refractivity (Wildman–Crippen MR) is 174 cm³/mol. The molecule has 4 rings (SSSR count). The molecular weight excluding hydrogens is 547 g/mol. The molecule has 0 bridgehead atoms. The van der Waals surface area contributed by atoms with E-state index in [-0.39, 0.29) is 23.2 Å². The maximum absolute atomic E-state index is 15.0. The largest absolute Gasteiger partial charge is 0.494 e. The average molecular weight is 589 g/mol. The lowest BCUT2D eigenvalue weighted by Crippen LogP contribution is -2.29. The van der Waals surface area contributed by atoms with E-state index in [1.807, 2.05) is 38.2 Å². The van der Waals surface area contributed by atoms with Crippen molar-refractivity contribution in [1.29, 1.82) is 0 Å². The quantitative estimate of drug-likeness (QED) is 0.126. The molecule has 0 aliphatic carbocycles. The Morgan fingerprint density at radius 1 is 1.21 bits per heavy atom. The Balaban J connectivity index is 1.56. The summed E-state index contributed by atoms with van der Waals surface area (Å²) in [6, 6.07) is 6.91. The molecule has 0 saturated heterocycles. The third-order valence-corrected chi connectivity index (χ3v) is 7.53. The summed E-state index contributed by atoms with van der Waals surface area (Å²) in [5.74, 6) is 0.757. The molecule has 2 heterocycles. The molecule has 1 aliphatic heterocycles. The highest BCUT2D eigenvalue weighted by atomic mass is 19.1. The number of carbonyl (C=O) groups is 1. The fourth-order valence-electron chi connectivity index (χ4n) is 5.12. The van der Waals surface area contributed by atoms with Crippen LogP contribution in [0.1, 0.15) is 31.7 Å². The number of hydrogen-bond donors (Lipinski definition) is 3. The van der Waals surface area contributed by atoms with Gasteiger partial charge in [-0.2, -0.15) is 0 Å². The molecule has 228 valence electrons. The number of fused-ring (bicyclic) bond motifs is 3. The zero-order chi connectivity index (χ0) is 31.5. The van der Waals surface area contributed by atoms with Gasteiger partial charge in [0.15, 0.2) is 11.8 Å². The molecule has 0 saturated carbocycles. The minimum atomic E-state index is -0.383. The van der Waals surface area contributed by atoms with Gasteiger partial charge in [-0.05, 0) is 75.9 Å². The van der Waals surface area contributed by atoms with Gasteiger partial charge in [0.25, 0.3) is 0 Å². The summed E-state index contributed by atoms with van der Waals surface area (Å²) < 4.78 is 22.8. The molecule has 0 spiro atoms. The molecule has 3 aromatic rings. The number of anilines is 3. The first-order valence-corrected chi connectivity index (χ1v) is 14.0. The van der Waals surface area contributed by atoms with Crippen molar-refractivity contribution in [3.05, 3.63) is 73.0 Å². The van der Waals surface area contributed by atoms with Crippen LogP contribution in [-0.4, -0.2) is 67.7 Å². The standard InChI is InChI=1S/C32H41FN8O2/c1-9-29(42)36-23-18-24(27(43-8)19-25(23)40(7)15-14-39(5)6)37-31(34)35-13-11-20(2)21-16-22(33)30-26(17-21)41-28(38-30)10-12-32(41,3)4/h9,11,13,16-19H,1-2,10,12,14-15H2,3-8H3,(H,36,42)(H3,34,35,37)/b13-11-. The van der Waals surface area contributed by atoms with Gasteiger partial charge < -0.3 is 35.5 Å². The van der Waals surface area contributed by atoms with Crippen LogP contribution in [0.2, 0.25) is 0 Å². The third-order valence-electron chi connectivity index (χ3n) is 7.53. The SMILES string of the molecule is C=CC(=O)Nc1cc(NC(N)=N/C=C\C(=C)c2cc(F)c3nc4n(c3c2)C(C)(C)CC4)c(OC)cc1N(C)CCN(C)C. The van der Waals surface area contributed by atoms with Crippen LogP contribution in [0.3, 0.4) is 0 Å². The number of aromatic nitrogens is 2. The summed E-state index contributed by atoms with van der Waals surface area (Å²) in [7, 11) is 7.48. The number of nitrogens with two attached hydrogens (primary N) is 1. The van der Waals surface area contributed by atoms with Gasteiger partial charge in [-0.25, -0.2) is 14.4 Å². The number of halogens is 1. The normalized spacial score (nSPS) is 14.3. The number of allylic oxidation sites excluding steroid dienone is 2. The lowest BCUT2D eigenvalue weighted by atomic mass is 10.0. The highest BCUT2D eigenvalue weighted by molar-refractivity contribution is 6.03. The highest BCUT2D eigenvalue weighted by Gasteiger charge is 2.33. The van der Waals surface area contributed by atoms with Crippen molar-refractivity contribution in [2.75, 3.05) is 56.9 Å². The molecule has 0 unspecified atom stereocenters. The van der Waals surface area contributed by atoms with E-state index in [2.05, 4.69) is 57.1 Å². The predicted octanol–water partition coefficient (Wildman–Crippen LogP) is 4.94. The Bertz CT molecular complexity index is 1620. The van der Waals surface area contributed by atoms with E-state index in [9.17, 15) is 4.79 Å². The van der Waals surface area contributed by atoms with Crippen LogP contribution >= 0.6 is 0 Å². The van der Waals surface area contributed by atoms with Crippen LogP contribution in [0, 0.1) is 5.82 Å². The second kappa shape index (κ2) is 12.7. The molecule has 1 amide bonds. The van der Waals surface area contributed by atoms with E-state index in [1.54, 1.807) is 19.3 Å². The highest BCUT2D eigenvalue weighted by Crippen LogP contribution is 2.38. The van der Waals surface area contributed by atoms with Crippen LogP contribution in [0.25, 0.3) is 16.6 Å². The number of aryl methyl sites for hydroxylation is 1. The molecule has 0 atom stereocenters. The van der Waals surface area contributed by atoms with E-state index in [4.69, 9.17) is 10.5 Å². The summed E-state index contributed by atoms with van der Waals surface area (Å²) in [6.07, 6.45) is 6.15. The van der Waals surface area contributed by atoms with Gasteiger partial charge in [-0.1, -0.05) is 13.2 Å². The van der Waals surface area contributed by atoms with Gasteiger partial charge in [0.2, 0.25) is 5.91 Å². The van der Waals surface area contributed by atoms with E-state index in [0.717, 1.165) is 43.0 Å². The average Bonchev–Trinajstić information content (AvgIpc) is 3.48. The molecular formula is C32H41FN8O2. The number of methoxy groups -OCH3 is 1. The Hall–Kier alpha value is -4.64. The number of carbonyl (C=O) groups excluding carboxylic acids is 1. The number of ether oxygens (including phenoxy) is 1. The summed E-state index contributed by atoms with van der Waals surface area (Å²) >= 11 is 0. The number of nitrogens with one attached hydrogen (secondary N) is 2. The molecule has 4 N–H and O–H groups in total. The number of nitrogens with zero attached hydrogens (tertiary/aromatic N) is 5. The van der Waals surface area contributed by atoms with Crippen molar-refractivity contribution in [2.45, 2.75) is 32.2 Å². The van der Waals surface area contributed by atoms with Crippen molar-refractivity contribution in [2.24, 2.45) is 10.7 Å². The number of imidazole rings is 1. The van der Waals surface area contributed by atoms with Crippen LogP contribution in [-0.2, 0) is 16.8 Å². The first-order valence-electron chi connectivity index (χ1n) is 14.0. The van der Waals surface area contributed by atoms with E-state index >= 15 is 4.39 Å². The van der Waals surface area contributed by atoms with Crippen molar-refractivity contribution >= 4 is 45.5 Å². The second-order valence-corrected chi connectivity index (χ2v) is 11.5. The van der Waals surface area contributed by atoms with Crippen LogP contribution in [0.15, 0.2) is 60.8 Å². The zero-order valence-corrected chi connectivity index (χ0v) is 25.8. The summed E-state index contributed by atoms with van der Waals surface area (Å²) in [5.41, 5.74) is 10.2. The fourth-order valence-corrected chi connectivity index (χ4v) is 5.12. The molecule has 11 heteroatoms. The van der Waals surface area contributed by atoms with E-state index in [0.29, 0.717) is 33.8 Å². The lowest BCUT2D eigenvalue weighted by Gasteiger charge is -2.26. The molecule has 0 fully saturated rings. The molecule has 1 aromatic heterocycles. The minimum absolute atomic E-state index is 0.0778. The molecule has 1 aliphatic rings. The fraction of sp³-hybridized carbons (Fsp3) is 0.344. The first-order chi connectivity index (χ1) is 20.3. The minimum Gasteiger partial charge on any atom is -0.494 e. The number of likely N-dealkylation sites (N-methyl/N-ethyl adjacent to an activating group) is 2. The van der Waals surface area contributed by atoms with E-state index in [1.165, 1.54) is 18.3 Å². The Labute approximate surface area is 252 Å². The number of benzene rings is 2. The summed E-state index contributed by atoms with van der Waals surface area (Å²) in [5, 5.41) is 5.89. The molecule has 43 heavy (non-hydrogen) atoms. The maximum atomic E-state index is 15.0. The van der Waals surface area contributed by atoms with Gasteiger partial charge >= 0.3 is 0 Å². The molecule has 2 aromatic carbocycles. The number of amides is 1. The van der Waals surface area contributed by atoms with Gasteiger partial charge in [0.1, 0.15) is 17.1 Å². The van der Waals surface area contributed by atoms with Crippen LogP contribution < -0.4 is 26.0 Å². The van der Waals surface area contributed by atoms with Crippen molar-refractivity contribution in [1.82, 2.24) is 14.5 Å². The molecule has 0 radical (unpaired) electrons. The van der Waals surface area contributed by atoms with Crippen molar-refractivity contribution in [3.8, 4) is 5.75 Å². The Morgan fingerprint density at radius 2 is 1.95 bits per heavy atom. The smallest absolute Gasteiger partial charge is 0.247 e. The maximum Gasteiger partial charge on any atom is 0.247 e. The zero-order valence-electron chi connectivity index (χ0n) is 25.8. The number of rotatable bonds is 11. The second-order valence-electron chi connectivity index (χ2n) is 11.5. The Morgan fingerprint density at radius 3 is 2.63 bits per heavy atom. The van der Waals surface area contributed by atoms with Gasteiger partial charge in [0, 0.05) is 44.4 Å². The monoisotopic (exact) mass is 588 g/mol. The summed E-state index contributed by atoms with van der Waals surface area (Å²) in [6.45, 7) is 13.5. The van der Waals surface area contributed by atoms with Crippen LogP contribution in [0.5, 0.6) is 5.75 Å². The first kappa shape index (κ1) is 31.3. The van der Waals surface area contributed by atoms with Gasteiger partial charge in [-0.3, -0.25) is 4.79 Å². The number of guanidine groups is 1. The van der Waals surface area contributed by atoms with Gasteiger partial charge in [-0.15, -0.1) is 0 Å². The van der Waals surface area contributed by atoms with Crippen molar-refractivity contribution in [3.63, 3.8) is 0 Å². The number of aliphatic imine (C=N–C) groups is 1. The third kappa shape index (κ3) is 6.89.